The van der Waals surface area contributed by atoms with Crippen LogP contribution in [-0.2, 0) is 9.53 Å². The molecule has 0 aromatic rings. The maximum absolute atomic E-state index is 8.00. The molecule has 84 valence electrons. The van der Waals surface area contributed by atoms with Crippen molar-refractivity contribution in [3.8, 4) is 0 Å². The van der Waals surface area contributed by atoms with E-state index in [-0.39, 0.29) is 11.1 Å². The van der Waals surface area contributed by atoms with Gasteiger partial charge in [-0.05, 0) is 40.5 Å². The fraction of sp³-hybridized carbons (Fsp3) is 0.909. The van der Waals surface area contributed by atoms with Crippen LogP contribution in [0.25, 0.3) is 0 Å². The third-order valence-corrected chi connectivity index (χ3v) is 2.49. The molecule has 1 aliphatic heterocycles. The first kappa shape index (κ1) is 13.6. The zero-order valence-electron chi connectivity index (χ0n) is 10.0. The molecule has 3 nitrogen and oxygen atoms in total. The highest BCUT2D eigenvalue weighted by molar-refractivity contribution is 5.11. The van der Waals surface area contributed by atoms with Crippen molar-refractivity contribution < 1.29 is 9.53 Å². The zero-order chi connectivity index (χ0) is 11.4. The van der Waals surface area contributed by atoms with Gasteiger partial charge in [-0.3, -0.25) is 0 Å². The Labute approximate surface area is 87.2 Å². The third-order valence-electron chi connectivity index (χ3n) is 2.49. The monoisotopic (exact) mass is 201 g/mol. The fourth-order valence-corrected chi connectivity index (χ4v) is 2.40. The Morgan fingerprint density at radius 1 is 1.14 bits per heavy atom. The van der Waals surface area contributed by atoms with E-state index in [1.165, 1.54) is 0 Å². The number of carbonyl (C=O) groups is 1. The van der Waals surface area contributed by atoms with E-state index >= 15 is 0 Å². The molecule has 0 amide bonds. The first-order valence-electron chi connectivity index (χ1n) is 4.96. The van der Waals surface area contributed by atoms with Crippen LogP contribution in [0.4, 0.5) is 0 Å². The van der Waals surface area contributed by atoms with E-state index in [0.717, 1.165) is 12.8 Å². The molecule has 14 heavy (non-hydrogen) atoms. The van der Waals surface area contributed by atoms with Crippen LogP contribution in [0.15, 0.2) is 0 Å². The SMILES string of the molecule is C=O.COC1CC(C)(C)NC(C)(C)C1. The van der Waals surface area contributed by atoms with Gasteiger partial charge in [-0.2, -0.15) is 0 Å². The normalized spacial score (nSPS) is 24.9. The van der Waals surface area contributed by atoms with E-state index < -0.39 is 0 Å². The number of piperidine rings is 1. The lowest BCUT2D eigenvalue weighted by atomic mass is 9.81. The second-order valence-electron chi connectivity index (χ2n) is 5.16. The molecular formula is C11H23NO2. The summed E-state index contributed by atoms with van der Waals surface area (Å²) in [4.78, 5) is 8.00. The van der Waals surface area contributed by atoms with Crippen molar-refractivity contribution >= 4 is 6.79 Å². The van der Waals surface area contributed by atoms with Gasteiger partial charge in [0.2, 0.25) is 0 Å². The summed E-state index contributed by atoms with van der Waals surface area (Å²) in [5, 5.41) is 3.62. The Morgan fingerprint density at radius 3 is 1.79 bits per heavy atom. The quantitative estimate of drug-likeness (QED) is 0.702. The summed E-state index contributed by atoms with van der Waals surface area (Å²) in [6.07, 6.45) is 2.62. The van der Waals surface area contributed by atoms with Gasteiger partial charge in [-0.25, -0.2) is 0 Å². The molecule has 1 aliphatic rings. The van der Waals surface area contributed by atoms with Gasteiger partial charge < -0.3 is 14.8 Å². The minimum atomic E-state index is 0.211. The molecule has 0 bridgehead atoms. The second-order valence-corrected chi connectivity index (χ2v) is 5.16. The molecule has 1 heterocycles. The smallest absolute Gasteiger partial charge is 0.106 e. The minimum Gasteiger partial charge on any atom is -0.381 e. The van der Waals surface area contributed by atoms with Crippen LogP contribution in [-0.4, -0.2) is 31.1 Å². The van der Waals surface area contributed by atoms with Gasteiger partial charge in [0.05, 0.1) is 6.10 Å². The summed E-state index contributed by atoms with van der Waals surface area (Å²) < 4.78 is 5.42. The summed E-state index contributed by atoms with van der Waals surface area (Å²) in [6, 6.07) is 0. The molecule has 0 aromatic heterocycles. The lowest BCUT2D eigenvalue weighted by molar-refractivity contribution is -0.0979. The lowest BCUT2D eigenvalue weighted by Crippen LogP contribution is -2.59. The minimum absolute atomic E-state index is 0.211. The number of rotatable bonds is 1. The van der Waals surface area contributed by atoms with Gasteiger partial charge in [-0.1, -0.05) is 0 Å². The summed E-state index contributed by atoms with van der Waals surface area (Å²) in [7, 11) is 1.81. The Morgan fingerprint density at radius 2 is 1.50 bits per heavy atom. The molecule has 0 aliphatic carbocycles. The number of carbonyl (C=O) groups excluding carboxylic acids is 1. The summed E-state index contributed by atoms with van der Waals surface area (Å²) >= 11 is 0. The van der Waals surface area contributed by atoms with E-state index in [4.69, 9.17) is 9.53 Å². The van der Waals surface area contributed by atoms with Crippen LogP contribution in [0.2, 0.25) is 0 Å². The van der Waals surface area contributed by atoms with Crippen molar-refractivity contribution in [1.29, 1.82) is 0 Å². The molecule has 1 fully saturated rings. The number of hydrogen-bond acceptors (Lipinski definition) is 3. The van der Waals surface area contributed by atoms with Gasteiger partial charge >= 0.3 is 0 Å². The first-order chi connectivity index (χ1) is 6.35. The van der Waals surface area contributed by atoms with Gasteiger partial charge in [0.25, 0.3) is 0 Å². The molecule has 3 heteroatoms. The van der Waals surface area contributed by atoms with E-state index in [2.05, 4.69) is 33.0 Å². The zero-order valence-corrected chi connectivity index (χ0v) is 10.0. The molecule has 0 unspecified atom stereocenters. The van der Waals surface area contributed by atoms with Gasteiger partial charge in [0, 0.05) is 18.2 Å². The van der Waals surface area contributed by atoms with Crippen molar-refractivity contribution in [2.45, 2.75) is 57.7 Å². The predicted molar refractivity (Wildman–Crippen MR) is 58.4 cm³/mol. The van der Waals surface area contributed by atoms with Gasteiger partial charge in [0.1, 0.15) is 6.79 Å². The van der Waals surface area contributed by atoms with Crippen LogP contribution in [0.5, 0.6) is 0 Å². The molecule has 0 atom stereocenters. The third kappa shape index (κ3) is 4.20. The van der Waals surface area contributed by atoms with Crippen molar-refractivity contribution in [2.75, 3.05) is 7.11 Å². The fourth-order valence-electron chi connectivity index (χ4n) is 2.40. The van der Waals surface area contributed by atoms with Gasteiger partial charge in [0.15, 0.2) is 0 Å². The van der Waals surface area contributed by atoms with Crippen LogP contribution in [0.1, 0.15) is 40.5 Å². The van der Waals surface area contributed by atoms with Gasteiger partial charge in [-0.15, -0.1) is 0 Å². The topological polar surface area (TPSA) is 38.3 Å². The molecule has 0 aromatic carbocycles. The lowest BCUT2D eigenvalue weighted by Gasteiger charge is -2.45. The van der Waals surface area contributed by atoms with Crippen LogP contribution >= 0.6 is 0 Å². The Bertz CT molecular complexity index is 162. The predicted octanol–water partition coefficient (Wildman–Crippen LogP) is 1.76. The van der Waals surface area contributed by atoms with Crippen molar-refractivity contribution in [1.82, 2.24) is 5.32 Å². The van der Waals surface area contributed by atoms with Crippen molar-refractivity contribution in [3.63, 3.8) is 0 Å². The standard InChI is InChI=1S/C10H21NO.CH2O/c1-9(2)6-8(12-5)7-10(3,4)11-9;1-2/h8,11H,6-7H2,1-5H3;1H2. The highest BCUT2D eigenvalue weighted by Gasteiger charge is 2.37. The molecule has 1 N–H and O–H groups in total. The molecule has 0 saturated carbocycles. The Kier molecular flexibility index (Phi) is 4.75. The highest BCUT2D eigenvalue weighted by atomic mass is 16.5. The maximum atomic E-state index is 8.00. The molecule has 0 spiro atoms. The number of methoxy groups -OCH3 is 1. The second kappa shape index (κ2) is 4.89. The Balaban J connectivity index is 0.000000791. The summed E-state index contributed by atoms with van der Waals surface area (Å²) in [5.74, 6) is 0. The maximum Gasteiger partial charge on any atom is 0.106 e. The average molecular weight is 201 g/mol. The van der Waals surface area contributed by atoms with E-state index in [0.29, 0.717) is 6.10 Å². The molecule has 0 radical (unpaired) electrons. The van der Waals surface area contributed by atoms with E-state index in [1.54, 1.807) is 0 Å². The summed E-state index contributed by atoms with van der Waals surface area (Å²) in [6.45, 7) is 10.9. The average Bonchev–Trinajstić information content (AvgIpc) is 2.02. The number of nitrogens with one attached hydrogen (secondary N) is 1. The van der Waals surface area contributed by atoms with E-state index in [9.17, 15) is 0 Å². The molecular weight excluding hydrogens is 178 g/mol. The Hall–Kier alpha value is -0.410. The first-order valence-corrected chi connectivity index (χ1v) is 4.96. The van der Waals surface area contributed by atoms with Crippen molar-refractivity contribution in [2.24, 2.45) is 0 Å². The van der Waals surface area contributed by atoms with Crippen LogP contribution < -0.4 is 5.32 Å². The number of hydrogen-bond donors (Lipinski definition) is 1. The number of ether oxygens (including phenoxy) is 1. The highest BCUT2D eigenvalue weighted by Crippen LogP contribution is 2.29. The van der Waals surface area contributed by atoms with Crippen LogP contribution in [0.3, 0.4) is 0 Å². The largest absolute Gasteiger partial charge is 0.381 e. The summed E-state index contributed by atoms with van der Waals surface area (Å²) in [5.41, 5.74) is 0.421. The van der Waals surface area contributed by atoms with Crippen molar-refractivity contribution in [3.05, 3.63) is 0 Å². The molecule has 1 rings (SSSR count). The van der Waals surface area contributed by atoms with E-state index in [1.807, 2.05) is 13.9 Å². The molecule has 1 saturated heterocycles. The van der Waals surface area contributed by atoms with Crippen LogP contribution in [0, 0.1) is 0 Å².